The zero-order valence-electron chi connectivity index (χ0n) is 7.90. The highest BCUT2D eigenvalue weighted by Crippen LogP contribution is 2.29. The van der Waals surface area contributed by atoms with Gasteiger partial charge in [-0.3, -0.25) is 4.79 Å². The van der Waals surface area contributed by atoms with E-state index >= 15 is 0 Å². The molecule has 1 aromatic rings. The molecule has 1 aromatic carbocycles. The maximum atomic E-state index is 11.5. The number of esters is 1. The maximum Gasteiger partial charge on any atom is 0.318 e. The number of cyclic esters (lactones) is 1. The first kappa shape index (κ1) is 9.00. The molecule has 0 spiro atoms. The van der Waals surface area contributed by atoms with Crippen LogP contribution in [-0.2, 0) is 9.53 Å². The Hall–Kier alpha value is -1.57. The van der Waals surface area contributed by atoms with E-state index < -0.39 is 0 Å². The lowest BCUT2D eigenvalue weighted by Crippen LogP contribution is -2.20. The van der Waals surface area contributed by atoms with Gasteiger partial charge in [-0.25, -0.2) is 0 Å². The summed E-state index contributed by atoms with van der Waals surface area (Å²) in [5.74, 6) is 0.302. The number of carbonyl (C=O) groups excluding carboxylic acids is 1. The molecule has 0 saturated carbocycles. The number of carbonyl (C=O) groups is 1. The summed E-state index contributed by atoms with van der Waals surface area (Å²) in [4.78, 5) is 11.5. The van der Waals surface area contributed by atoms with E-state index in [-0.39, 0.29) is 11.9 Å². The van der Waals surface area contributed by atoms with Crippen molar-refractivity contribution in [3.8, 4) is 0 Å². The third-order valence-corrected chi connectivity index (χ3v) is 2.44. The van der Waals surface area contributed by atoms with Gasteiger partial charge in [0.25, 0.3) is 0 Å². The van der Waals surface area contributed by atoms with Crippen LogP contribution in [0.4, 0.5) is 0 Å². The van der Waals surface area contributed by atoms with E-state index in [4.69, 9.17) is 4.74 Å². The molecule has 2 heteroatoms. The van der Waals surface area contributed by atoms with Gasteiger partial charge < -0.3 is 4.74 Å². The highest BCUT2D eigenvalue weighted by Gasteiger charge is 2.27. The molecule has 2 rings (SSSR count). The Kier molecular flexibility index (Phi) is 2.35. The Balaban J connectivity index is 2.20. The minimum atomic E-state index is -0.174. The van der Waals surface area contributed by atoms with E-state index in [9.17, 15) is 4.79 Å². The Morgan fingerprint density at radius 2 is 2.00 bits per heavy atom. The van der Waals surface area contributed by atoms with Crippen LogP contribution in [0.25, 0.3) is 0 Å². The Morgan fingerprint density at radius 1 is 1.29 bits per heavy atom. The van der Waals surface area contributed by atoms with E-state index in [2.05, 4.69) is 6.58 Å². The molecule has 1 saturated heterocycles. The summed E-state index contributed by atoms with van der Waals surface area (Å²) < 4.78 is 5.02. The summed E-state index contributed by atoms with van der Waals surface area (Å²) in [6.07, 6.45) is 1.58. The van der Waals surface area contributed by atoms with Gasteiger partial charge in [-0.1, -0.05) is 36.9 Å². The lowest BCUT2D eigenvalue weighted by atomic mass is 9.92. The third-order valence-electron chi connectivity index (χ3n) is 2.44. The highest BCUT2D eigenvalue weighted by atomic mass is 16.5. The van der Waals surface area contributed by atoms with Gasteiger partial charge in [0.15, 0.2) is 0 Å². The molecular formula is C12H12O2. The number of benzene rings is 1. The minimum Gasteiger partial charge on any atom is -0.431 e. The maximum absolute atomic E-state index is 11.5. The number of rotatable bonds is 1. The Morgan fingerprint density at radius 3 is 2.64 bits per heavy atom. The molecule has 72 valence electrons. The van der Waals surface area contributed by atoms with Crippen LogP contribution in [0, 0.1) is 0 Å². The second kappa shape index (κ2) is 3.66. The van der Waals surface area contributed by atoms with Gasteiger partial charge >= 0.3 is 5.97 Å². The topological polar surface area (TPSA) is 26.3 Å². The molecule has 0 N–H and O–H groups in total. The molecule has 0 aromatic heterocycles. The molecule has 1 aliphatic rings. The molecule has 1 atom stereocenters. The zero-order chi connectivity index (χ0) is 9.97. The van der Waals surface area contributed by atoms with Crippen molar-refractivity contribution in [2.24, 2.45) is 0 Å². The normalized spacial score (nSPS) is 21.9. The molecule has 1 unspecified atom stereocenters. The summed E-state index contributed by atoms with van der Waals surface area (Å²) in [5, 5.41) is 0. The van der Waals surface area contributed by atoms with E-state index in [1.165, 1.54) is 0 Å². The van der Waals surface area contributed by atoms with Crippen LogP contribution < -0.4 is 0 Å². The molecule has 1 aliphatic heterocycles. The summed E-state index contributed by atoms with van der Waals surface area (Å²) in [6, 6.07) is 9.73. The SMILES string of the molecule is C=C1CCC(c2ccccc2)C(=O)O1. The second-order valence-electron chi connectivity index (χ2n) is 3.46. The van der Waals surface area contributed by atoms with Gasteiger partial charge in [0.2, 0.25) is 0 Å². The molecule has 1 heterocycles. The first-order valence-corrected chi connectivity index (χ1v) is 4.72. The van der Waals surface area contributed by atoms with Crippen molar-refractivity contribution < 1.29 is 9.53 Å². The lowest BCUT2D eigenvalue weighted by molar-refractivity contribution is -0.143. The standard InChI is InChI=1S/C12H12O2/c1-9-7-8-11(12(13)14-9)10-5-3-2-4-6-10/h2-6,11H,1,7-8H2. The van der Waals surface area contributed by atoms with Crippen LogP contribution in [-0.4, -0.2) is 5.97 Å². The fraction of sp³-hybridized carbons (Fsp3) is 0.250. The van der Waals surface area contributed by atoms with Crippen LogP contribution in [0.1, 0.15) is 24.3 Å². The first-order valence-electron chi connectivity index (χ1n) is 4.72. The quantitative estimate of drug-likeness (QED) is 0.633. The van der Waals surface area contributed by atoms with Crippen molar-refractivity contribution in [3.63, 3.8) is 0 Å². The first-order chi connectivity index (χ1) is 6.77. The molecule has 14 heavy (non-hydrogen) atoms. The van der Waals surface area contributed by atoms with Crippen LogP contribution >= 0.6 is 0 Å². The number of hydrogen-bond acceptors (Lipinski definition) is 2. The van der Waals surface area contributed by atoms with Gasteiger partial charge in [0, 0.05) is 6.42 Å². The van der Waals surface area contributed by atoms with Crippen molar-refractivity contribution in [1.29, 1.82) is 0 Å². The van der Waals surface area contributed by atoms with Crippen molar-refractivity contribution in [2.45, 2.75) is 18.8 Å². The van der Waals surface area contributed by atoms with Crippen LogP contribution in [0.15, 0.2) is 42.7 Å². The monoisotopic (exact) mass is 188 g/mol. The summed E-state index contributed by atoms with van der Waals surface area (Å²) >= 11 is 0. The van der Waals surface area contributed by atoms with Gasteiger partial charge in [0.05, 0.1) is 5.92 Å². The van der Waals surface area contributed by atoms with Gasteiger partial charge in [-0.05, 0) is 12.0 Å². The summed E-state index contributed by atoms with van der Waals surface area (Å²) in [5.41, 5.74) is 1.03. The average Bonchev–Trinajstić information content (AvgIpc) is 2.19. The largest absolute Gasteiger partial charge is 0.431 e. The molecule has 0 aliphatic carbocycles. The van der Waals surface area contributed by atoms with Gasteiger partial charge in [-0.15, -0.1) is 0 Å². The predicted molar refractivity (Wildman–Crippen MR) is 53.6 cm³/mol. The fourth-order valence-electron chi connectivity index (χ4n) is 1.68. The van der Waals surface area contributed by atoms with Crippen LogP contribution in [0.3, 0.4) is 0 Å². The fourth-order valence-corrected chi connectivity index (χ4v) is 1.68. The number of hydrogen-bond donors (Lipinski definition) is 0. The highest BCUT2D eigenvalue weighted by molar-refractivity contribution is 5.79. The Labute approximate surface area is 83.2 Å². The van der Waals surface area contributed by atoms with E-state index in [0.717, 1.165) is 18.4 Å². The van der Waals surface area contributed by atoms with Crippen molar-refractivity contribution in [3.05, 3.63) is 48.2 Å². The van der Waals surface area contributed by atoms with Gasteiger partial charge in [0.1, 0.15) is 5.76 Å². The van der Waals surface area contributed by atoms with Crippen molar-refractivity contribution >= 4 is 5.97 Å². The predicted octanol–water partition coefficient (Wildman–Crippen LogP) is 2.62. The van der Waals surface area contributed by atoms with Crippen molar-refractivity contribution in [2.75, 3.05) is 0 Å². The van der Waals surface area contributed by atoms with Gasteiger partial charge in [-0.2, -0.15) is 0 Å². The molecule has 2 nitrogen and oxygen atoms in total. The molecular weight excluding hydrogens is 176 g/mol. The number of allylic oxidation sites excluding steroid dienone is 1. The average molecular weight is 188 g/mol. The minimum absolute atomic E-state index is 0.110. The summed E-state index contributed by atoms with van der Waals surface area (Å²) in [6.45, 7) is 3.65. The smallest absolute Gasteiger partial charge is 0.318 e. The number of ether oxygens (including phenoxy) is 1. The van der Waals surface area contributed by atoms with Crippen molar-refractivity contribution in [1.82, 2.24) is 0 Å². The lowest BCUT2D eigenvalue weighted by Gasteiger charge is -2.22. The molecule has 0 radical (unpaired) electrons. The zero-order valence-corrected chi connectivity index (χ0v) is 7.90. The van der Waals surface area contributed by atoms with Crippen LogP contribution in [0.5, 0.6) is 0 Å². The third kappa shape index (κ3) is 1.69. The van der Waals surface area contributed by atoms with E-state index in [0.29, 0.717) is 5.76 Å². The van der Waals surface area contributed by atoms with Crippen LogP contribution in [0.2, 0.25) is 0 Å². The molecule has 1 fully saturated rings. The molecule has 0 bridgehead atoms. The second-order valence-corrected chi connectivity index (χ2v) is 3.46. The van der Waals surface area contributed by atoms with E-state index in [1.807, 2.05) is 30.3 Å². The summed E-state index contributed by atoms with van der Waals surface area (Å²) in [7, 11) is 0. The van der Waals surface area contributed by atoms with E-state index in [1.54, 1.807) is 0 Å². The molecule has 0 amide bonds. The Bertz CT molecular complexity index is 354.